The number of nitrogens with zero attached hydrogens (tertiary/aromatic N) is 1. The first-order valence-electron chi connectivity index (χ1n) is 3.91. The molecule has 1 N–H and O–H groups in total. The summed E-state index contributed by atoms with van der Waals surface area (Å²) in [5.41, 5.74) is -1.63. The van der Waals surface area contributed by atoms with Gasteiger partial charge in [0.05, 0.1) is 22.9 Å². The first-order chi connectivity index (χ1) is 7.40. The number of alkyl halides is 3. The van der Waals surface area contributed by atoms with Gasteiger partial charge >= 0.3 is 6.18 Å². The van der Waals surface area contributed by atoms with Gasteiger partial charge in [-0.05, 0) is 28.1 Å². The minimum Gasteiger partial charge on any atom is -0.328 e. The van der Waals surface area contributed by atoms with Crippen LogP contribution < -0.4 is 5.32 Å². The van der Waals surface area contributed by atoms with Gasteiger partial charge in [-0.1, -0.05) is 0 Å². The van der Waals surface area contributed by atoms with Crippen LogP contribution in [0.4, 0.5) is 18.9 Å². The maximum absolute atomic E-state index is 12.5. The molecule has 0 aliphatic carbocycles. The fourth-order valence-electron chi connectivity index (χ4n) is 1.07. The number of anilines is 1. The van der Waals surface area contributed by atoms with Crippen molar-refractivity contribution in [1.29, 1.82) is 5.26 Å². The van der Waals surface area contributed by atoms with Gasteiger partial charge in [0, 0.05) is 4.47 Å². The fraction of sp³-hybridized carbons (Fsp3) is 0.111. The summed E-state index contributed by atoms with van der Waals surface area (Å²) in [5, 5.41) is 10.7. The van der Waals surface area contributed by atoms with Crippen LogP contribution in [0.25, 0.3) is 0 Å². The van der Waals surface area contributed by atoms with E-state index in [0.29, 0.717) is 6.07 Å². The lowest BCUT2D eigenvalue weighted by atomic mass is 10.1. The highest BCUT2D eigenvalue weighted by Crippen LogP contribution is 2.36. The van der Waals surface area contributed by atoms with Crippen molar-refractivity contribution in [2.24, 2.45) is 0 Å². The Bertz CT molecular complexity index is 465. The number of halogens is 4. The van der Waals surface area contributed by atoms with Crippen LogP contribution in [-0.2, 0) is 11.0 Å². The van der Waals surface area contributed by atoms with Crippen molar-refractivity contribution < 1.29 is 18.0 Å². The van der Waals surface area contributed by atoms with E-state index in [4.69, 9.17) is 5.26 Å². The second kappa shape index (κ2) is 4.53. The van der Waals surface area contributed by atoms with E-state index >= 15 is 0 Å². The number of nitriles is 1. The monoisotopic (exact) mass is 292 g/mol. The number of carbonyl (C=O) groups is 1. The molecule has 0 fully saturated rings. The molecule has 0 heterocycles. The van der Waals surface area contributed by atoms with Gasteiger partial charge in [-0.3, -0.25) is 4.79 Å². The van der Waals surface area contributed by atoms with Crippen LogP contribution in [0.5, 0.6) is 0 Å². The van der Waals surface area contributed by atoms with Crippen LogP contribution in [-0.4, -0.2) is 6.41 Å². The van der Waals surface area contributed by atoms with Gasteiger partial charge in [0.1, 0.15) is 0 Å². The van der Waals surface area contributed by atoms with Crippen molar-refractivity contribution in [3.63, 3.8) is 0 Å². The molecule has 84 valence electrons. The van der Waals surface area contributed by atoms with Gasteiger partial charge in [0.15, 0.2) is 0 Å². The number of benzene rings is 1. The van der Waals surface area contributed by atoms with Crippen LogP contribution in [0.15, 0.2) is 16.6 Å². The topological polar surface area (TPSA) is 52.9 Å². The van der Waals surface area contributed by atoms with E-state index in [1.807, 2.05) is 0 Å². The molecule has 7 heteroatoms. The van der Waals surface area contributed by atoms with Crippen LogP contribution in [0.2, 0.25) is 0 Å². The van der Waals surface area contributed by atoms with E-state index in [9.17, 15) is 18.0 Å². The van der Waals surface area contributed by atoms with E-state index < -0.39 is 17.3 Å². The third-order valence-corrected chi connectivity index (χ3v) is 2.40. The summed E-state index contributed by atoms with van der Waals surface area (Å²) in [5.74, 6) is 0. The normalized spacial score (nSPS) is 10.7. The highest BCUT2D eigenvalue weighted by atomic mass is 79.9. The summed E-state index contributed by atoms with van der Waals surface area (Å²) in [6.07, 6.45) is -4.38. The second-order valence-corrected chi connectivity index (χ2v) is 3.60. The van der Waals surface area contributed by atoms with Crippen molar-refractivity contribution in [2.75, 3.05) is 5.32 Å². The molecule has 1 amide bonds. The molecule has 0 unspecified atom stereocenters. The predicted molar refractivity (Wildman–Crippen MR) is 53.5 cm³/mol. The number of rotatable bonds is 2. The van der Waals surface area contributed by atoms with Crippen LogP contribution in [0, 0.1) is 11.3 Å². The first-order valence-corrected chi connectivity index (χ1v) is 4.70. The van der Waals surface area contributed by atoms with E-state index in [2.05, 4.69) is 21.2 Å². The summed E-state index contributed by atoms with van der Waals surface area (Å²) in [4.78, 5) is 10.2. The zero-order valence-corrected chi connectivity index (χ0v) is 9.19. The zero-order valence-electron chi connectivity index (χ0n) is 7.60. The SMILES string of the molecule is N#Cc1cc(Br)c(NC=O)cc1C(F)(F)F. The molecular weight excluding hydrogens is 289 g/mol. The lowest BCUT2D eigenvalue weighted by Crippen LogP contribution is -2.09. The lowest BCUT2D eigenvalue weighted by molar-refractivity contribution is -0.137. The van der Waals surface area contributed by atoms with Crippen molar-refractivity contribution in [3.8, 4) is 6.07 Å². The Hall–Kier alpha value is -1.55. The standard InChI is InChI=1S/C9H4BrF3N2O/c10-7-1-5(3-14)6(9(11,12)13)2-8(7)15-4-16/h1-2,4H,(H,15,16). The Labute approximate surface area is 97.0 Å². The van der Waals surface area contributed by atoms with Crippen molar-refractivity contribution in [3.05, 3.63) is 27.7 Å². The largest absolute Gasteiger partial charge is 0.417 e. The fourth-order valence-corrected chi connectivity index (χ4v) is 1.53. The summed E-state index contributed by atoms with van der Waals surface area (Å²) in [6.45, 7) is 0. The number of carbonyl (C=O) groups excluding carboxylic acids is 1. The lowest BCUT2D eigenvalue weighted by Gasteiger charge is -2.11. The van der Waals surface area contributed by atoms with E-state index in [-0.39, 0.29) is 16.6 Å². The molecule has 0 aromatic heterocycles. The number of hydrogen-bond donors (Lipinski definition) is 1. The van der Waals surface area contributed by atoms with Gasteiger partial charge < -0.3 is 5.32 Å². The summed E-state index contributed by atoms with van der Waals surface area (Å²) in [7, 11) is 0. The van der Waals surface area contributed by atoms with Crippen LogP contribution in [0.1, 0.15) is 11.1 Å². The third kappa shape index (κ3) is 2.52. The third-order valence-electron chi connectivity index (χ3n) is 1.75. The molecule has 3 nitrogen and oxygen atoms in total. The van der Waals surface area contributed by atoms with Crippen molar-refractivity contribution in [2.45, 2.75) is 6.18 Å². The smallest absolute Gasteiger partial charge is 0.328 e. The van der Waals surface area contributed by atoms with E-state index in [1.54, 1.807) is 0 Å². The Balaban J connectivity index is 3.42. The van der Waals surface area contributed by atoms with Crippen molar-refractivity contribution >= 4 is 28.0 Å². The molecule has 16 heavy (non-hydrogen) atoms. The quantitative estimate of drug-likeness (QED) is 0.852. The minimum absolute atomic E-state index is 0.0404. The van der Waals surface area contributed by atoms with Gasteiger partial charge in [0.2, 0.25) is 6.41 Å². The Morgan fingerprint density at radius 3 is 2.50 bits per heavy atom. The molecule has 0 bridgehead atoms. The van der Waals surface area contributed by atoms with Gasteiger partial charge in [-0.15, -0.1) is 0 Å². The number of amides is 1. The molecule has 1 aromatic rings. The minimum atomic E-state index is -4.63. The van der Waals surface area contributed by atoms with Crippen molar-refractivity contribution in [1.82, 2.24) is 0 Å². The molecule has 1 rings (SSSR count). The number of nitrogens with one attached hydrogen (secondary N) is 1. The molecule has 0 spiro atoms. The number of hydrogen-bond acceptors (Lipinski definition) is 2. The van der Waals surface area contributed by atoms with Gasteiger partial charge in [-0.25, -0.2) is 0 Å². The molecule has 0 saturated heterocycles. The molecule has 0 aliphatic heterocycles. The molecule has 0 radical (unpaired) electrons. The molecule has 0 aliphatic rings. The molecule has 1 aromatic carbocycles. The highest BCUT2D eigenvalue weighted by Gasteiger charge is 2.34. The average Bonchev–Trinajstić information content (AvgIpc) is 2.19. The second-order valence-electron chi connectivity index (χ2n) is 2.75. The zero-order chi connectivity index (χ0) is 12.3. The maximum Gasteiger partial charge on any atom is 0.417 e. The van der Waals surface area contributed by atoms with Crippen LogP contribution in [0.3, 0.4) is 0 Å². The predicted octanol–water partition coefficient (Wildman–Crippen LogP) is 2.91. The molecule has 0 saturated carbocycles. The average molecular weight is 293 g/mol. The Morgan fingerprint density at radius 2 is 2.06 bits per heavy atom. The van der Waals surface area contributed by atoms with E-state index in [0.717, 1.165) is 6.07 Å². The Kier molecular flexibility index (Phi) is 3.55. The summed E-state index contributed by atoms with van der Waals surface area (Å²) >= 11 is 2.95. The summed E-state index contributed by atoms with van der Waals surface area (Å²) in [6, 6.07) is 3.16. The molecular formula is C9H4BrF3N2O. The van der Waals surface area contributed by atoms with Gasteiger partial charge in [-0.2, -0.15) is 18.4 Å². The summed E-state index contributed by atoms with van der Waals surface area (Å²) < 4.78 is 37.7. The van der Waals surface area contributed by atoms with Crippen LogP contribution >= 0.6 is 15.9 Å². The van der Waals surface area contributed by atoms with E-state index in [1.165, 1.54) is 6.07 Å². The molecule has 0 atom stereocenters. The highest BCUT2D eigenvalue weighted by molar-refractivity contribution is 9.10. The maximum atomic E-state index is 12.5. The first kappa shape index (κ1) is 12.5. The Morgan fingerprint density at radius 1 is 1.44 bits per heavy atom. The van der Waals surface area contributed by atoms with Gasteiger partial charge in [0.25, 0.3) is 0 Å².